The first kappa shape index (κ1) is 19.3. The molecule has 6 nitrogen and oxygen atoms in total. The molecule has 0 bridgehead atoms. The van der Waals surface area contributed by atoms with Crippen molar-refractivity contribution < 1.29 is 9.84 Å². The van der Waals surface area contributed by atoms with Gasteiger partial charge in [-0.05, 0) is 42.5 Å². The van der Waals surface area contributed by atoms with Gasteiger partial charge in [0.2, 0.25) is 0 Å². The molecular weight excluding hydrogens is 396 g/mol. The molecule has 0 atom stereocenters. The van der Waals surface area contributed by atoms with Gasteiger partial charge in [-0.25, -0.2) is 0 Å². The SMILES string of the molecule is Oc1ccc(-c2nnc(SCCN3CCOCC3)n2-c2cccc(Cl)c2)cc1. The summed E-state index contributed by atoms with van der Waals surface area (Å²) < 4.78 is 7.42. The van der Waals surface area contributed by atoms with E-state index < -0.39 is 0 Å². The summed E-state index contributed by atoms with van der Waals surface area (Å²) in [6.45, 7) is 4.52. The molecule has 1 fully saturated rings. The van der Waals surface area contributed by atoms with Crippen molar-refractivity contribution >= 4 is 23.4 Å². The zero-order valence-corrected chi connectivity index (χ0v) is 16.9. The third-order valence-electron chi connectivity index (χ3n) is 4.57. The van der Waals surface area contributed by atoms with Crippen molar-refractivity contribution in [1.29, 1.82) is 0 Å². The van der Waals surface area contributed by atoms with E-state index in [0.29, 0.717) is 5.02 Å². The molecule has 2 aromatic carbocycles. The lowest BCUT2D eigenvalue weighted by Crippen LogP contribution is -2.37. The van der Waals surface area contributed by atoms with Crippen LogP contribution >= 0.6 is 23.4 Å². The van der Waals surface area contributed by atoms with Gasteiger partial charge in [-0.3, -0.25) is 9.47 Å². The zero-order valence-electron chi connectivity index (χ0n) is 15.3. The van der Waals surface area contributed by atoms with E-state index in [2.05, 4.69) is 15.1 Å². The maximum absolute atomic E-state index is 9.59. The van der Waals surface area contributed by atoms with Crippen LogP contribution in [0.5, 0.6) is 5.75 Å². The highest BCUT2D eigenvalue weighted by Crippen LogP contribution is 2.29. The van der Waals surface area contributed by atoms with Crippen LogP contribution in [-0.4, -0.2) is 63.4 Å². The van der Waals surface area contributed by atoms with Crippen molar-refractivity contribution in [2.24, 2.45) is 0 Å². The number of aromatic hydroxyl groups is 1. The Bertz CT molecular complexity index is 926. The van der Waals surface area contributed by atoms with Crippen LogP contribution in [0.2, 0.25) is 5.02 Å². The minimum absolute atomic E-state index is 0.220. The van der Waals surface area contributed by atoms with Crippen molar-refractivity contribution in [1.82, 2.24) is 19.7 Å². The van der Waals surface area contributed by atoms with Crippen molar-refractivity contribution in [3.63, 3.8) is 0 Å². The fourth-order valence-electron chi connectivity index (χ4n) is 3.10. The number of rotatable bonds is 6. The standard InChI is InChI=1S/C20H21ClN4O2S/c21-16-2-1-3-17(14-16)25-19(15-4-6-18(26)7-5-15)22-23-20(25)28-13-10-24-8-11-27-12-9-24/h1-7,14,26H,8-13H2. The largest absolute Gasteiger partial charge is 0.508 e. The molecule has 0 amide bonds. The summed E-state index contributed by atoms with van der Waals surface area (Å²) in [6.07, 6.45) is 0. The molecule has 0 unspecified atom stereocenters. The molecule has 1 N–H and O–H groups in total. The number of thioether (sulfide) groups is 1. The quantitative estimate of drug-likeness (QED) is 0.618. The van der Waals surface area contributed by atoms with E-state index in [1.807, 2.05) is 41.0 Å². The van der Waals surface area contributed by atoms with Crippen LogP contribution in [0.3, 0.4) is 0 Å². The number of morpholine rings is 1. The fraction of sp³-hybridized carbons (Fsp3) is 0.300. The smallest absolute Gasteiger partial charge is 0.196 e. The monoisotopic (exact) mass is 416 g/mol. The number of hydrogen-bond acceptors (Lipinski definition) is 6. The molecule has 1 aromatic heterocycles. The van der Waals surface area contributed by atoms with Gasteiger partial charge in [-0.2, -0.15) is 0 Å². The number of benzene rings is 2. The molecule has 1 aliphatic heterocycles. The van der Waals surface area contributed by atoms with Gasteiger partial charge in [-0.1, -0.05) is 29.4 Å². The Morgan fingerprint density at radius 1 is 1.07 bits per heavy atom. The summed E-state index contributed by atoms with van der Waals surface area (Å²) in [5.74, 6) is 1.85. The molecule has 0 radical (unpaired) electrons. The van der Waals surface area contributed by atoms with Crippen molar-refractivity contribution in [3.05, 3.63) is 53.6 Å². The van der Waals surface area contributed by atoms with E-state index >= 15 is 0 Å². The second-order valence-electron chi connectivity index (χ2n) is 6.47. The first-order valence-corrected chi connectivity index (χ1v) is 10.5. The molecular formula is C20H21ClN4O2S. The number of ether oxygens (including phenoxy) is 1. The Morgan fingerprint density at radius 3 is 2.61 bits per heavy atom. The van der Waals surface area contributed by atoms with E-state index in [-0.39, 0.29) is 5.75 Å². The summed E-state index contributed by atoms with van der Waals surface area (Å²) in [7, 11) is 0. The second-order valence-corrected chi connectivity index (χ2v) is 7.97. The average molecular weight is 417 g/mol. The third kappa shape index (κ3) is 4.50. The van der Waals surface area contributed by atoms with Gasteiger partial charge in [0.15, 0.2) is 11.0 Å². The topological polar surface area (TPSA) is 63.4 Å². The van der Waals surface area contributed by atoms with E-state index in [1.54, 1.807) is 23.9 Å². The van der Waals surface area contributed by atoms with Gasteiger partial charge >= 0.3 is 0 Å². The van der Waals surface area contributed by atoms with Gasteiger partial charge in [0.25, 0.3) is 0 Å². The fourth-order valence-corrected chi connectivity index (χ4v) is 4.24. The first-order chi connectivity index (χ1) is 13.7. The summed E-state index contributed by atoms with van der Waals surface area (Å²) in [5.41, 5.74) is 1.79. The number of halogens is 1. The van der Waals surface area contributed by atoms with Crippen LogP contribution in [0.15, 0.2) is 53.7 Å². The molecule has 28 heavy (non-hydrogen) atoms. The molecule has 8 heteroatoms. The molecule has 0 aliphatic carbocycles. The third-order valence-corrected chi connectivity index (χ3v) is 5.71. The van der Waals surface area contributed by atoms with Gasteiger partial charge in [0.05, 0.1) is 18.9 Å². The van der Waals surface area contributed by atoms with Gasteiger partial charge in [0.1, 0.15) is 5.75 Å². The molecule has 146 valence electrons. The summed E-state index contributed by atoms with van der Waals surface area (Å²) in [5, 5.41) is 19.9. The van der Waals surface area contributed by atoms with Gasteiger partial charge in [0, 0.05) is 36.0 Å². The van der Waals surface area contributed by atoms with Crippen LogP contribution in [0.1, 0.15) is 0 Å². The number of phenolic OH excluding ortho intramolecular Hbond substituents is 1. The van der Waals surface area contributed by atoms with E-state index in [1.165, 1.54) is 0 Å². The second kappa shape index (κ2) is 8.96. The normalized spacial score (nSPS) is 15.0. The summed E-state index contributed by atoms with van der Waals surface area (Å²) in [4.78, 5) is 2.40. The molecule has 1 saturated heterocycles. The maximum Gasteiger partial charge on any atom is 0.196 e. The van der Waals surface area contributed by atoms with E-state index in [4.69, 9.17) is 16.3 Å². The lowest BCUT2D eigenvalue weighted by atomic mass is 10.2. The molecule has 4 rings (SSSR count). The predicted molar refractivity (Wildman–Crippen MR) is 111 cm³/mol. The Hall–Kier alpha value is -2.06. The Labute approximate surface area is 173 Å². The molecule has 2 heterocycles. The molecule has 0 saturated carbocycles. The lowest BCUT2D eigenvalue weighted by molar-refractivity contribution is 0.0410. The zero-order chi connectivity index (χ0) is 19.3. The number of phenols is 1. The minimum Gasteiger partial charge on any atom is -0.508 e. The first-order valence-electron chi connectivity index (χ1n) is 9.14. The highest BCUT2D eigenvalue weighted by Gasteiger charge is 2.17. The highest BCUT2D eigenvalue weighted by atomic mass is 35.5. The lowest BCUT2D eigenvalue weighted by Gasteiger charge is -2.26. The minimum atomic E-state index is 0.220. The molecule has 1 aliphatic rings. The molecule has 3 aromatic rings. The number of nitrogens with zero attached hydrogens (tertiary/aromatic N) is 4. The van der Waals surface area contributed by atoms with Crippen molar-refractivity contribution in [2.75, 3.05) is 38.6 Å². The van der Waals surface area contributed by atoms with Crippen molar-refractivity contribution in [2.45, 2.75) is 5.16 Å². The number of hydrogen-bond donors (Lipinski definition) is 1. The number of aromatic nitrogens is 3. The van der Waals surface area contributed by atoms with Crippen molar-refractivity contribution in [3.8, 4) is 22.8 Å². The van der Waals surface area contributed by atoms with E-state index in [9.17, 15) is 5.11 Å². The predicted octanol–water partition coefficient (Wildman–Crippen LogP) is 3.72. The Morgan fingerprint density at radius 2 is 1.86 bits per heavy atom. The van der Waals surface area contributed by atoms with Crippen LogP contribution < -0.4 is 0 Å². The molecule has 0 spiro atoms. The van der Waals surface area contributed by atoms with Crippen LogP contribution in [0, 0.1) is 0 Å². The average Bonchev–Trinajstić information content (AvgIpc) is 3.13. The summed E-state index contributed by atoms with van der Waals surface area (Å²) >= 11 is 7.90. The Kier molecular flexibility index (Phi) is 6.17. The van der Waals surface area contributed by atoms with Crippen LogP contribution in [0.25, 0.3) is 17.1 Å². The Balaban J connectivity index is 1.61. The maximum atomic E-state index is 9.59. The van der Waals surface area contributed by atoms with Crippen LogP contribution in [-0.2, 0) is 4.74 Å². The highest BCUT2D eigenvalue weighted by molar-refractivity contribution is 7.99. The van der Waals surface area contributed by atoms with Gasteiger partial charge < -0.3 is 9.84 Å². The van der Waals surface area contributed by atoms with E-state index in [0.717, 1.165) is 60.8 Å². The van der Waals surface area contributed by atoms with Gasteiger partial charge in [-0.15, -0.1) is 10.2 Å². The summed E-state index contributed by atoms with van der Waals surface area (Å²) in [6, 6.07) is 14.6. The van der Waals surface area contributed by atoms with Crippen LogP contribution in [0.4, 0.5) is 0 Å².